The molecule has 0 aromatic heterocycles. The van der Waals surface area contributed by atoms with Crippen LogP contribution in [0.4, 0.5) is 15.8 Å². The second kappa shape index (κ2) is 4.31. The first-order valence-corrected chi connectivity index (χ1v) is 4.87. The van der Waals surface area contributed by atoms with Crippen molar-refractivity contribution in [2.75, 3.05) is 17.2 Å². The molecule has 2 nitrogen and oxygen atoms in total. The van der Waals surface area contributed by atoms with E-state index in [1.54, 1.807) is 6.07 Å². The number of benzene rings is 1. The van der Waals surface area contributed by atoms with Gasteiger partial charge in [0.25, 0.3) is 0 Å². The number of hydrogen-bond donors (Lipinski definition) is 1. The lowest BCUT2D eigenvalue weighted by Crippen LogP contribution is -2.30. The van der Waals surface area contributed by atoms with Crippen molar-refractivity contribution in [3.8, 4) is 0 Å². The van der Waals surface area contributed by atoms with Gasteiger partial charge in [0.05, 0.1) is 0 Å². The number of nitrogen functional groups attached to an aromatic ring is 1. The lowest BCUT2D eigenvalue weighted by Gasteiger charge is -2.27. The summed E-state index contributed by atoms with van der Waals surface area (Å²) < 4.78 is 13.1. The number of rotatable bonds is 3. The Balaban J connectivity index is 3.04. The fraction of sp³-hybridized carbons (Fsp3) is 0.455. The van der Waals surface area contributed by atoms with Crippen molar-refractivity contribution in [3.63, 3.8) is 0 Å². The van der Waals surface area contributed by atoms with Gasteiger partial charge < -0.3 is 10.6 Å². The molecule has 0 aliphatic heterocycles. The van der Waals surface area contributed by atoms with E-state index in [0.29, 0.717) is 11.7 Å². The molecule has 0 aliphatic carbocycles. The largest absolute Gasteiger partial charge is 0.399 e. The minimum absolute atomic E-state index is 0.279. The molecule has 0 spiro atoms. The number of nitrogens with zero attached hydrogens (tertiary/aromatic N) is 1. The summed E-state index contributed by atoms with van der Waals surface area (Å²) in [6.07, 6.45) is 0. The van der Waals surface area contributed by atoms with Gasteiger partial charge in [-0.05, 0) is 39.0 Å². The highest BCUT2D eigenvalue weighted by Crippen LogP contribution is 2.21. The average molecular weight is 196 g/mol. The third-order valence-corrected chi connectivity index (χ3v) is 2.20. The van der Waals surface area contributed by atoms with Crippen molar-refractivity contribution in [3.05, 3.63) is 24.0 Å². The summed E-state index contributed by atoms with van der Waals surface area (Å²) >= 11 is 0. The van der Waals surface area contributed by atoms with Crippen LogP contribution in [0.1, 0.15) is 20.8 Å². The van der Waals surface area contributed by atoms with Gasteiger partial charge >= 0.3 is 0 Å². The molecular formula is C11H17FN2. The fourth-order valence-corrected chi connectivity index (χ4v) is 1.61. The molecule has 1 rings (SSSR count). The molecule has 0 saturated carbocycles. The van der Waals surface area contributed by atoms with E-state index in [0.717, 1.165) is 12.2 Å². The van der Waals surface area contributed by atoms with Gasteiger partial charge in [0.15, 0.2) is 0 Å². The van der Waals surface area contributed by atoms with Crippen molar-refractivity contribution in [2.24, 2.45) is 0 Å². The lowest BCUT2D eigenvalue weighted by atomic mass is 10.2. The highest BCUT2D eigenvalue weighted by atomic mass is 19.1. The Morgan fingerprint density at radius 2 is 2.00 bits per heavy atom. The molecule has 0 heterocycles. The van der Waals surface area contributed by atoms with Crippen LogP contribution in [-0.4, -0.2) is 12.6 Å². The van der Waals surface area contributed by atoms with E-state index < -0.39 is 0 Å². The molecule has 3 heteroatoms. The molecule has 0 bridgehead atoms. The van der Waals surface area contributed by atoms with E-state index in [4.69, 9.17) is 5.73 Å². The molecule has 0 amide bonds. The number of halogens is 1. The maximum atomic E-state index is 13.1. The first-order chi connectivity index (χ1) is 6.54. The fourth-order valence-electron chi connectivity index (χ4n) is 1.61. The zero-order valence-electron chi connectivity index (χ0n) is 8.92. The minimum Gasteiger partial charge on any atom is -0.399 e. The molecule has 0 saturated heterocycles. The lowest BCUT2D eigenvalue weighted by molar-refractivity contribution is 0.624. The molecule has 0 radical (unpaired) electrons. The molecule has 1 aromatic rings. The molecule has 2 N–H and O–H groups in total. The van der Waals surface area contributed by atoms with E-state index in [2.05, 4.69) is 18.7 Å². The van der Waals surface area contributed by atoms with E-state index in [1.165, 1.54) is 12.1 Å². The monoisotopic (exact) mass is 196 g/mol. The summed E-state index contributed by atoms with van der Waals surface area (Å²) in [5.41, 5.74) is 6.90. The Bertz CT molecular complexity index is 290. The van der Waals surface area contributed by atoms with Gasteiger partial charge in [-0.3, -0.25) is 0 Å². The molecule has 0 aliphatic rings. The van der Waals surface area contributed by atoms with Gasteiger partial charge in [0.1, 0.15) is 5.82 Å². The van der Waals surface area contributed by atoms with Gasteiger partial charge in [-0.2, -0.15) is 0 Å². The Kier molecular flexibility index (Phi) is 3.33. The summed E-state index contributed by atoms with van der Waals surface area (Å²) in [5, 5.41) is 0. The van der Waals surface area contributed by atoms with Crippen LogP contribution in [0, 0.1) is 5.82 Å². The van der Waals surface area contributed by atoms with Crippen LogP contribution in [0.5, 0.6) is 0 Å². The Labute approximate surface area is 84.5 Å². The summed E-state index contributed by atoms with van der Waals surface area (Å²) in [7, 11) is 0. The van der Waals surface area contributed by atoms with Crippen LogP contribution in [0.3, 0.4) is 0 Å². The van der Waals surface area contributed by atoms with E-state index in [-0.39, 0.29) is 5.82 Å². The van der Waals surface area contributed by atoms with E-state index >= 15 is 0 Å². The highest BCUT2D eigenvalue weighted by Gasteiger charge is 2.09. The minimum atomic E-state index is -0.279. The zero-order valence-corrected chi connectivity index (χ0v) is 8.92. The quantitative estimate of drug-likeness (QED) is 0.753. The van der Waals surface area contributed by atoms with Crippen LogP contribution in [0.2, 0.25) is 0 Å². The Morgan fingerprint density at radius 3 is 2.43 bits per heavy atom. The maximum Gasteiger partial charge on any atom is 0.127 e. The second-order valence-corrected chi connectivity index (χ2v) is 3.62. The Hall–Kier alpha value is -1.25. The summed E-state index contributed by atoms with van der Waals surface area (Å²) in [4.78, 5) is 2.10. The van der Waals surface area contributed by atoms with Gasteiger partial charge in [0.2, 0.25) is 0 Å². The van der Waals surface area contributed by atoms with E-state index in [1.807, 2.05) is 6.92 Å². The first kappa shape index (κ1) is 10.8. The topological polar surface area (TPSA) is 29.3 Å². The summed E-state index contributed by atoms with van der Waals surface area (Å²) in [6.45, 7) is 7.04. The van der Waals surface area contributed by atoms with E-state index in [9.17, 15) is 4.39 Å². The zero-order chi connectivity index (χ0) is 10.7. The van der Waals surface area contributed by atoms with Gasteiger partial charge in [-0.25, -0.2) is 4.39 Å². The van der Waals surface area contributed by atoms with Crippen LogP contribution in [-0.2, 0) is 0 Å². The van der Waals surface area contributed by atoms with Crippen LogP contribution >= 0.6 is 0 Å². The van der Waals surface area contributed by atoms with Crippen LogP contribution < -0.4 is 10.6 Å². The molecule has 0 fully saturated rings. The first-order valence-electron chi connectivity index (χ1n) is 4.87. The smallest absolute Gasteiger partial charge is 0.127 e. The number of anilines is 2. The predicted molar refractivity (Wildman–Crippen MR) is 59.0 cm³/mol. The highest BCUT2D eigenvalue weighted by molar-refractivity contribution is 5.56. The number of nitrogens with two attached hydrogens (primary N) is 1. The van der Waals surface area contributed by atoms with Crippen molar-refractivity contribution in [1.29, 1.82) is 0 Å². The van der Waals surface area contributed by atoms with Crippen molar-refractivity contribution >= 4 is 11.4 Å². The van der Waals surface area contributed by atoms with Crippen molar-refractivity contribution in [2.45, 2.75) is 26.8 Å². The molecule has 78 valence electrons. The summed E-state index contributed by atoms with van der Waals surface area (Å²) in [5.74, 6) is -0.279. The van der Waals surface area contributed by atoms with Crippen molar-refractivity contribution in [1.82, 2.24) is 0 Å². The number of hydrogen-bond acceptors (Lipinski definition) is 2. The SMILES string of the molecule is CCN(c1cc(N)cc(F)c1)C(C)C. The van der Waals surface area contributed by atoms with Gasteiger partial charge in [0, 0.05) is 24.0 Å². The summed E-state index contributed by atoms with van der Waals surface area (Å²) in [6, 6.07) is 4.99. The molecule has 14 heavy (non-hydrogen) atoms. The Morgan fingerprint density at radius 1 is 1.36 bits per heavy atom. The van der Waals surface area contributed by atoms with Crippen LogP contribution in [0.15, 0.2) is 18.2 Å². The standard InChI is InChI=1S/C11H17FN2/c1-4-14(8(2)3)11-6-9(12)5-10(13)7-11/h5-8H,4,13H2,1-3H3. The van der Waals surface area contributed by atoms with Gasteiger partial charge in [-0.1, -0.05) is 0 Å². The molecule has 0 atom stereocenters. The normalized spacial score (nSPS) is 10.6. The second-order valence-electron chi connectivity index (χ2n) is 3.62. The maximum absolute atomic E-state index is 13.1. The van der Waals surface area contributed by atoms with Crippen molar-refractivity contribution < 1.29 is 4.39 Å². The predicted octanol–water partition coefficient (Wildman–Crippen LogP) is 2.64. The molecule has 0 unspecified atom stereocenters. The molecule has 1 aromatic carbocycles. The van der Waals surface area contributed by atoms with Gasteiger partial charge in [-0.15, -0.1) is 0 Å². The third kappa shape index (κ3) is 2.37. The molecular weight excluding hydrogens is 179 g/mol. The van der Waals surface area contributed by atoms with Crippen LogP contribution in [0.25, 0.3) is 0 Å². The average Bonchev–Trinajstić information content (AvgIpc) is 2.02. The third-order valence-electron chi connectivity index (χ3n) is 2.20.